The van der Waals surface area contributed by atoms with E-state index in [0.717, 1.165) is 13.1 Å². The predicted molar refractivity (Wildman–Crippen MR) is 82.9 cm³/mol. The molecule has 1 aliphatic rings. The topological polar surface area (TPSA) is 101 Å². The summed E-state index contributed by atoms with van der Waals surface area (Å²) in [4.78, 5) is 16.7. The molecule has 1 saturated heterocycles. The van der Waals surface area contributed by atoms with Crippen molar-refractivity contribution in [3.8, 4) is 0 Å². The second-order valence-electron chi connectivity index (χ2n) is 5.50. The second kappa shape index (κ2) is 8.38. The molecule has 0 bridgehead atoms. The molecule has 1 heterocycles. The molecule has 0 aliphatic carbocycles. The number of hydrogen-bond acceptors (Lipinski definition) is 4. The minimum absolute atomic E-state index is 0.0344. The largest absolute Gasteiger partial charge is 0.396 e. The van der Waals surface area contributed by atoms with Crippen molar-refractivity contribution < 1.29 is 9.90 Å². The molecule has 1 aromatic rings. The van der Waals surface area contributed by atoms with E-state index in [1.807, 2.05) is 18.2 Å². The number of azide groups is 1. The Morgan fingerprint density at radius 2 is 2.18 bits per heavy atom. The van der Waals surface area contributed by atoms with Crippen LogP contribution in [0.1, 0.15) is 12.0 Å². The molecule has 118 valence electrons. The summed E-state index contributed by atoms with van der Waals surface area (Å²) in [6.45, 7) is 2.49. The highest BCUT2D eigenvalue weighted by atomic mass is 16.3. The summed E-state index contributed by atoms with van der Waals surface area (Å²) in [6, 6.07) is 10.1. The molecule has 0 aromatic heterocycles. The SMILES string of the molecule is [N-]=[N+]=NCCC(=O)N[C@@H]1CN(Cc2ccccc2)C[C@H]1CO. The van der Waals surface area contributed by atoms with E-state index in [9.17, 15) is 9.90 Å². The van der Waals surface area contributed by atoms with Gasteiger partial charge in [-0.05, 0) is 11.1 Å². The number of nitrogens with one attached hydrogen (secondary N) is 1. The molecule has 0 unspecified atom stereocenters. The van der Waals surface area contributed by atoms with Crippen molar-refractivity contribution >= 4 is 5.91 Å². The van der Waals surface area contributed by atoms with Gasteiger partial charge in [0.2, 0.25) is 5.91 Å². The van der Waals surface area contributed by atoms with Crippen LogP contribution in [0.5, 0.6) is 0 Å². The quantitative estimate of drug-likeness (QED) is 0.451. The van der Waals surface area contributed by atoms with Crippen LogP contribution in [0.2, 0.25) is 0 Å². The van der Waals surface area contributed by atoms with E-state index < -0.39 is 0 Å². The second-order valence-corrected chi connectivity index (χ2v) is 5.50. The number of amides is 1. The van der Waals surface area contributed by atoms with E-state index in [2.05, 4.69) is 32.4 Å². The maximum atomic E-state index is 11.8. The van der Waals surface area contributed by atoms with Gasteiger partial charge in [-0.3, -0.25) is 9.69 Å². The maximum absolute atomic E-state index is 11.8. The van der Waals surface area contributed by atoms with E-state index >= 15 is 0 Å². The van der Waals surface area contributed by atoms with Crippen molar-refractivity contribution in [2.24, 2.45) is 11.0 Å². The summed E-state index contributed by atoms with van der Waals surface area (Å²) in [5, 5.41) is 15.8. The van der Waals surface area contributed by atoms with E-state index in [0.29, 0.717) is 6.54 Å². The molecule has 0 saturated carbocycles. The summed E-state index contributed by atoms with van der Waals surface area (Å²) in [5.41, 5.74) is 9.42. The first-order valence-electron chi connectivity index (χ1n) is 7.40. The lowest BCUT2D eigenvalue weighted by atomic mass is 10.1. The van der Waals surface area contributed by atoms with E-state index in [1.54, 1.807) is 0 Å². The fourth-order valence-corrected chi connectivity index (χ4v) is 2.76. The Morgan fingerprint density at radius 3 is 2.86 bits per heavy atom. The lowest BCUT2D eigenvalue weighted by Gasteiger charge is -2.18. The van der Waals surface area contributed by atoms with Gasteiger partial charge in [-0.1, -0.05) is 35.4 Å². The summed E-state index contributed by atoms with van der Waals surface area (Å²) in [6.07, 6.45) is 0.178. The average Bonchev–Trinajstić information content (AvgIpc) is 2.90. The number of aliphatic hydroxyl groups is 1. The van der Waals surface area contributed by atoms with Crippen LogP contribution in [0.4, 0.5) is 0 Å². The van der Waals surface area contributed by atoms with Crippen LogP contribution >= 0.6 is 0 Å². The van der Waals surface area contributed by atoms with Crippen molar-refractivity contribution in [3.63, 3.8) is 0 Å². The minimum atomic E-state index is -0.141. The molecule has 1 aliphatic heterocycles. The average molecular weight is 303 g/mol. The van der Waals surface area contributed by atoms with Gasteiger partial charge in [0.1, 0.15) is 0 Å². The highest BCUT2D eigenvalue weighted by molar-refractivity contribution is 5.76. The summed E-state index contributed by atoms with van der Waals surface area (Å²) in [5.74, 6) is -0.107. The van der Waals surface area contributed by atoms with Gasteiger partial charge in [0.25, 0.3) is 0 Å². The number of nitrogens with zero attached hydrogens (tertiary/aromatic N) is 4. The van der Waals surface area contributed by atoms with Crippen LogP contribution in [-0.2, 0) is 11.3 Å². The molecule has 2 rings (SSSR count). The Kier molecular flexibility index (Phi) is 6.21. The van der Waals surface area contributed by atoms with Gasteiger partial charge in [0.05, 0.1) is 0 Å². The van der Waals surface area contributed by atoms with Crippen molar-refractivity contribution in [2.75, 3.05) is 26.2 Å². The number of carbonyl (C=O) groups excluding carboxylic acids is 1. The lowest BCUT2D eigenvalue weighted by Crippen LogP contribution is -2.41. The zero-order valence-corrected chi connectivity index (χ0v) is 12.4. The number of rotatable bonds is 7. The third-order valence-electron chi connectivity index (χ3n) is 3.85. The molecule has 7 nitrogen and oxygen atoms in total. The number of aliphatic hydroxyl groups excluding tert-OH is 1. The zero-order valence-electron chi connectivity index (χ0n) is 12.4. The maximum Gasteiger partial charge on any atom is 0.220 e. The Morgan fingerprint density at radius 1 is 1.41 bits per heavy atom. The Hall–Kier alpha value is -2.08. The summed E-state index contributed by atoms with van der Waals surface area (Å²) >= 11 is 0. The fourth-order valence-electron chi connectivity index (χ4n) is 2.76. The smallest absolute Gasteiger partial charge is 0.220 e. The lowest BCUT2D eigenvalue weighted by molar-refractivity contribution is -0.121. The van der Waals surface area contributed by atoms with Crippen LogP contribution in [-0.4, -0.2) is 48.2 Å². The fraction of sp³-hybridized carbons (Fsp3) is 0.533. The van der Waals surface area contributed by atoms with Gasteiger partial charge in [-0.15, -0.1) is 0 Å². The third kappa shape index (κ3) is 4.73. The normalized spacial score (nSPS) is 21.3. The first kappa shape index (κ1) is 16.3. The van der Waals surface area contributed by atoms with Crippen LogP contribution in [0.25, 0.3) is 10.4 Å². The Bertz CT molecular complexity index is 530. The summed E-state index contributed by atoms with van der Waals surface area (Å²) < 4.78 is 0. The van der Waals surface area contributed by atoms with E-state index in [-0.39, 0.29) is 37.4 Å². The molecule has 0 spiro atoms. The molecular formula is C15H21N5O2. The predicted octanol–water partition coefficient (Wildman–Crippen LogP) is 1.30. The first-order chi connectivity index (χ1) is 10.7. The van der Waals surface area contributed by atoms with E-state index in [4.69, 9.17) is 5.53 Å². The number of carbonyl (C=O) groups is 1. The van der Waals surface area contributed by atoms with Crippen molar-refractivity contribution in [2.45, 2.75) is 19.0 Å². The highest BCUT2D eigenvalue weighted by Gasteiger charge is 2.32. The van der Waals surface area contributed by atoms with E-state index in [1.165, 1.54) is 5.56 Å². The summed E-state index contributed by atoms with van der Waals surface area (Å²) in [7, 11) is 0. The minimum Gasteiger partial charge on any atom is -0.396 e. The number of hydrogen-bond donors (Lipinski definition) is 2. The molecule has 1 aromatic carbocycles. The van der Waals surface area contributed by atoms with Crippen molar-refractivity contribution in [3.05, 3.63) is 46.3 Å². The van der Waals surface area contributed by atoms with Gasteiger partial charge < -0.3 is 10.4 Å². The van der Waals surface area contributed by atoms with Gasteiger partial charge in [-0.25, -0.2) is 0 Å². The monoisotopic (exact) mass is 303 g/mol. The molecule has 0 radical (unpaired) electrons. The molecule has 1 amide bonds. The zero-order chi connectivity index (χ0) is 15.8. The van der Waals surface area contributed by atoms with Gasteiger partial charge in [-0.2, -0.15) is 0 Å². The van der Waals surface area contributed by atoms with Gasteiger partial charge >= 0.3 is 0 Å². The van der Waals surface area contributed by atoms with Crippen molar-refractivity contribution in [1.29, 1.82) is 0 Å². The standard InChI is InChI=1S/C15H21N5O2/c16-19-17-7-6-15(22)18-14-10-20(9-13(14)11-21)8-12-4-2-1-3-5-12/h1-5,13-14,21H,6-11H2,(H,18,22)/t13-,14+/m0/s1. The number of benzene rings is 1. The van der Waals surface area contributed by atoms with Crippen LogP contribution in [0.3, 0.4) is 0 Å². The molecular weight excluding hydrogens is 282 g/mol. The third-order valence-corrected chi connectivity index (χ3v) is 3.85. The van der Waals surface area contributed by atoms with Crippen LogP contribution in [0.15, 0.2) is 35.4 Å². The van der Waals surface area contributed by atoms with Crippen LogP contribution in [0, 0.1) is 5.92 Å². The Labute approximate surface area is 129 Å². The van der Waals surface area contributed by atoms with Gasteiger partial charge in [0, 0.05) is 56.1 Å². The molecule has 2 N–H and O–H groups in total. The molecule has 2 atom stereocenters. The van der Waals surface area contributed by atoms with Crippen molar-refractivity contribution in [1.82, 2.24) is 10.2 Å². The van der Waals surface area contributed by atoms with Gasteiger partial charge in [0.15, 0.2) is 0 Å². The molecule has 1 fully saturated rings. The number of likely N-dealkylation sites (tertiary alicyclic amines) is 1. The molecule has 22 heavy (non-hydrogen) atoms. The highest BCUT2D eigenvalue weighted by Crippen LogP contribution is 2.19. The first-order valence-corrected chi connectivity index (χ1v) is 7.40. The molecule has 7 heteroatoms. The van der Waals surface area contributed by atoms with Crippen LogP contribution < -0.4 is 5.32 Å². The Balaban J connectivity index is 1.86.